The van der Waals surface area contributed by atoms with Gasteiger partial charge in [0, 0.05) is 19.2 Å². The predicted octanol–water partition coefficient (Wildman–Crippen LogP) is 1.88. The lowest BCUT2D eigenvalue weighted by atomic mass is 10.1. The molecule has 0 aromatic carbocycles. The minimum atomic E-state index is 0.373. The van der Waals surface area contributed by atoms with Gasteiger partial charge in [-0.15, -0.1) is 0 Å². The van der Waals surface area contributed by atoms with Gasteiger partial charge in [0.15, 0.2) is 0 Å². The Hall–Kier alpha value is -0.120. The highest BCUT2D eigenvalue weighted by molar-refractivity contribution is 4.73. The fourth-order valence-corrected chi connectivity index (χ4v) is 2.39. The lowest BCUT2D eigenvalue weighted by Gasteiger charge is -2.30. The summed E-state index contributed by atoms with van der Waals surface area (Å²) in [7, 11) is 0. The van der Waals surface area contributed by atoms with Crippen LogP contribution in [0.2, 0.25) is 0 Å². The van der Waals surface area contributed by atoms with Crippen LogP contribution in [0.3, 0.4) is 0 Å². The van der Waals surface area contributed by atoms with E-state index in [4.69, 9.17) is 4.74 Å². The molecular formula is C13H28N2O. The first-order chi connectivity index (χ1) is 7.76. The van der Waals surface area contributed by atoms with Crippen LogP contribution in [0.25, 0.3) is 0 Å². The largest absolute Gasteiger partial charge is 0.377 e. The van der Waals surface area contributed by atoms with Gasteiger partial charge in [0.25, 0.3) is 0 Å². The number of ether oxygens (including phenoxy) is 1. The van der Waals surface area contributed by atoms with Gasteiger partial charge >= 0.3 is 0 Å². The van der Waals surface area contributed by atoms with Crippen LogP contribution >= 0.6 is 0 Å². The van der Waals surface area contributed by atoms with Crippen molar-refractivity contribution in [3.8, 4) is 0 Å². The van der Waals surface area contributed by atoms with E-state index in [-0.39, 0.29) is 0 Å². The molecule has 0 saturated carbocycles. The van der Waals surface area contributed by atoms with Gasteiger partial charge in [-0.1, -0.05) is 6.92 Å². The third-order valence-corrected chi connectivity index (χ3v) is 3.34. The monoisotopic (exact) mass is 228 g/mol. The number of nitrogens with one attached hydrogen (secondary N) is 1. The summed E-state index contributed by atoms with van der Waals surface area (Å²) in [4.78, 5) is 2.56. The molecule has 1 N–H and O–H groups in total. The second-order valence-electron chi connectivity index (χ2n) is 4.77. The van der Waals surface area contributed by atoms with E-state index < -0.39 is 0 Å². The molecule has 1 aliphatic heterocycles. The number of hydrogen-bond acceptors (Lipinski definition) is 3. The number of rotatable bonds is 5. The molecule has 0 bridgehead atoms. The summed E-state index contributed by atoms with van der Waals surface area (Å²) in [5.74, 6) is 0. The average Bonchev–Trinajstić information content (AvgIpc) is 2.23. The zero-order chi connectivity index (χ0) is 11.8. The molecule has 2 unspecified atom stereocenters. The molecule has 3 nitrogen and oxygen atoms in total. The van der Waals surface area contributed by atoms with Gasteiger partial charge in [0.2, 0.25) is 0 Å². The molecule has 1 heterocycles. The molecule has 1 fully saturated rings. The van der Waals surface area contributed by atoms with Crippen molar-refractivity contribution >= 4 is 0 Å². The summed E-state index contributed by atoms with van der Waals surface area (Å²) >= 11 is 0. The summed E-state index contributed by atoms with van der Waals surface area (Å²) in [6.07, 6.45) is 4.15. The van der Waals surface area contributed by atoms with Crippen LogP contribution in [-0.2, 0) is 4.74 Å². The maximum Gasteiger partial charge on any atom is 0.0673 e. The number of hydrogen-bond donors (Lipinski definition) is 1. The fourth-order valence-electron chi connectivity index (χ4n) is 2.39. The summed E-state index contributed by atoms with van der Waals surface area (Å²) in [6, 6.07) is 0.713. The van der Waals surface area contributed by atoms with Crippen molar-refractivity contribution in [1.29, 1.82) is 0 Å². The van der Waals surface area contributed by atoms with Gasteiger partial charge in [-0.25, -0.2) is 0 Å². The van der Waals surface area contributed by atoms with E-state index in [0.717, 1.165) is 19.7 Å². The molecule has 1 aliphatic rings. The fraction of sp³-hybridized carbons (Fsp3) is 1.00. The first-order valence-corrected chi connectivity index (χ1v) is 6.83. The molecule has 0 amide bonds. The quantitative estimate of drug-likeness (QED) is 0.777. The van der Waals surface area contributed by atoms with Gasteiger partial charge in [-0.3, -0.25) is 0 Å². The summed E-state index contributed by atoms with van der Waals surface area (Å²) in [5, 5.41) is 3.61. The molecule has 3 heteroatoms. The Kier molecular flexibility index (Phi) is 7.01. The normalized spacial score (nSPS) is 26.1. The van der Waals surface area contributed by atoms with Crippen molar-refractivity contribution in [3.63, 3.8) is 0 Å². The zero-order valence-electron chi connectivity index (χ0n) is 11.2. The molecule has 0 aliphatic carbocycles. The van der Waals surface area contributed by atoms with Crippen molar-refractivity contribution in [2.75, 3.05) is 32.8 Å². The average molecular weight is 228 g/mol. The molecule has 0 aromatic rings. The second kappa shape index (κ2) is 8.04. The summed E-state index contributed by atoms with van der Waals surface area (Å²) in [5.41, 5.74) is 0. The van der Waals surface area contributed by atoms with Gasteiger partial charge in [0.1, 0.15) is 0 Å². The summed E-state index contributed by atoms with van der Waals surface area (Å²) < 4.78 is 5.61. The molecule has 1 rings (SSSR count). The van der Waals surface area contributed by atoms with E-state index in [2.05, 4.69) is 31.0 Å². The standard InChI is InChI=1S/C13H28N2O/c1-4-13-7-10-15(9-6-8-14-13)11-12(3)16-5-2/h12-14H,4-11H2,1-3H3. The van der Waals surface area contributed by atoms with Crippen LogP contribution in [0, 0.1) is 0 Å². The molecule has 0 aromatic heterocycles. The van der Waals surface area contributed by atoms with Crippen molar-refractivity contribution in [3.05, 3.63) is 0 Å². The smallest absolute Gasteiger partial charge is 0.0673 e. The minimum absolute atomic E-state index is 0.373. The van der Waals surface area contributed by atoms with Gasteiger partial charge < -0.3 is 15.0 Å². The van der Waals surface area contributed by atoms with E-state index in [9.17, 15) is 0 Å². The van der Waals surface area contributed by atoms with Crippen molar-refractivity contribution in [2.45, 2.75) is 52.2 Å². The zero-order valence-corrected chi connectivity index (χ0v) is 11.2. The van der Waals surface area contributed by atoms with Crippen LogP contribution in [0.4, 0.5) is 0 Å². The Morgan fingerprint density at radius 3 is 2.88 bits per heavy atom. The molecule has 0 radical (unpaired) electrons. The Balaban J connectivity index is 2.29. The maximum atomic E-state index is 5.61. The second-order valence-corrected chi connectivity index (χ2v) is 4.77. The maximum absolute atomic E-state index is 5.61. The van der Waals surface area contributed by atoms with Gasteiger partial charge in [0.05, 0.1) is 6.10 Å². The summed E-state index contributed by atoms with van der Waals surface area (Å²) in [6.45, 7) is 12.0. The SMILES string of the molecule is CCOC(C)CN1CCCNC(CC)CC1. The van der Waals surface area contributed by atoms with Gasteiger partial charge in [-0.2, -0.15) is 0 Å². The van der Waals surface area contributed by atoms with E-state index in [1.54, 1.807) is 0 Å². The van der Waals surface area contributed by atoms with Crippen molar-refractivity contribution < 1.29 is 4.74 Å². The van der Waals surface area contributed by atoms with E-state index >= 15 is 0 Å². The first kappa shape index (κ1) is 13.9. The third kappa shape index (κ3) is 5.28. The molecule has 96 valence electrons. The first-order valence-electron chi connectivity index (χ1n) is 6.83. The third-order valence-electron chi connectivity index (χ3n) is 3.34. The molecule has 2 atom stereocenters. The molecular weight excluding hydrogens is 200 g/mol. The molecule has 0 spiro atoms. The highest BCUT2D eigenvalue weighted by Crippen LogP contribution is 2.06. The van der Waals surface area contributed by atoms with Crippen molar-refractivity contribution in [2.24, 2.45) is 0 Å². The van der Waals surface area contributed by atoms with Crippen LogP contribution in [-0.4, -0.2) is 49.8 Å². The highest BCUT2D eigenvalue weighted by Gasteiger charge is 2.15. The lowest BCUT2D eigenvalue weighted by Crippen LogP contribution is -2.42. The minimum Gasteiger partial charge on any atom is -0.377 e. The number of nitrogens with zero attached hydrogens (tertiary/aromatic N) is 1. The van der Waals surface area contributed by atoms with Crippen LogP contribution < -0.4 is 5.32 Å². The Morgan fingerprint density at radius 2 is 2.19 bits per heavy atom. The van der Waals surface area contributed by atoms with Crippen LogP contribution in [0.15, 0.2) is 0 Å². The van der Waals surface area contributed by atoms with E-state index in [1.807, 2.05) is 0 Å². The molecule has 1 saturated heterocycles. The van der Waals surface area contributed by atoms with Gasteiger partial charge in [-0.05, 0) is 52.7 Å². The van der Waals surface area contributed by atoms with E-state index in [0.29, 0.717) is 12.1 Å². The Morgan fingerprint density at radius 1 is 1.38 bits per heavy atom. The lowest BCUT2D eigenvalue weighted by molar-refractivity contribution is 0.0428. The van der Waals surface area contributed by atoms with Crippen molar-refractivity contribution in [1.82, 2.24) is 10.2 Å². The van der Waals surface area contributed by atoms with Crippen LogP contribution in [0.1, 0.15) is 40.0 Å². The predicted molar refractivity (Wildman–Crippen MR) is 68.8 cm³/mol. The Labute approximate surface area is 101 Å². The van der Waals surface area contributed by atoms with Crippen LogP contribution in [0.5, 0.6) is 0 Å². The van der Waals surface area contributed by atoms with E-state index in [1.165, 1.54) is 32.4 Å². The highest BCUT2D eigenvalue weighted by atomic mass is 16.5. The topological polar surface area (TPSA) is 24.5 Å². The molecule has 16 heavy (non-hydrogen) atoms. The Bertz CT molecular complexity index is 175.